The maximum Gasteiger partial charge on any atom is 0.330 e. The zero-order valence-electron chi connectivity index (χ0n) is 20.5. The van der Waals surface area contributed by atoms with Gasteiger partial charge in [0.2, 0.25) is 5.78 Å². The largest absolute Gasteiger partial charge is 0.456 e. The van der Waals surface area contributed by atoms with E-state index in [9.17, 15) is 19.2 Å². The molecule has 1 aliphatic heterocycles. The number of imide groups is 1. The van der Waals surface area contributed by atoms with E-state index in [4.69, 9.17) is 9.47 Å². The Morgan fingerprint density at radius 2 is 1.53 bits per heavy atom. The third kappa shape index (κ3) is 4.85. The van der Waals surface area contributed by atoms with Crippen molar-refractivity contribution in [1.29, 1.82) is 0 Å². The Balaban J connectivity index is 1.54. The van der Waals surface area contributed by atoms with Crippen LogP contribution in [0.5, 0.6) is 0 Å². The molecule has 8 heteroatoms. The SMILES string of the molecule is COCCn1c(C)cc(C(=O)COC(=O)[C@@H](Cc2ccccc2)N2C(=O)c3ccccc3C2=O)c1C. The van der Waals surface area contributed by atoms with Crippen LogP contribution in [0.4, 0.5) is 0 Å². The van der Waals surface area contributed by atoms with Crippen LogP contribution in [0, 0.1) is 13.8 Å². The molecule has 186 valence electrons. The fraction of sp³-hybridized carbons (Fsp3) is 0.286. The summed E-state index contributed by atoms with van der Waals surface area (Å²) in [5.41, 5.74) is 3.35. The van der Waals surface area contributed by atoms with Crippen LogP contribution in [-0.2, 0) is 27.2 Å². The summed E-state index contributed by atoms with van der Waals surface area (Å²) in [5, 5.41) is 0. The number of carbonyl (C=O) groups excluding carboxylic acids is 4. The number of nitrogens with zero attached hydrogens (tertiary/aromatic N) is 2. The third-order valence-electron chi connectivity index (χ3n) is 6.42. The number of fused-ring (bicyclic) bond motifs is 1. The van der Waals surface area contributed by atoms with Crippen molar-refractivity contribution in [3.63, 3.8) is 0 Å². The minimum atomic E-state index is -1.21. The molecular formula is C28H28N2O6. The lowest BCUT2D eigenvalue weighted by molar-refractivity contribution is -0.147. The first-order valence-electron chi connectivity index (χ1n) is 11.7. The number of aryl methyl sites for hydroxylation is 1. The second-order valence-electron chi connectivity index (χ2n) is 8.69. The molecule has 0 unspecified atom stereocenters. The van der Waals surface area contributed by atoms with Crippen LogP contribution in [0.3, 0.4) is 0 Å². The highest BCUT2D eigenvalue weighted by Crippen LogP contribution is 2.26. The number of rotatable bonds is 10. The minimum Gasteiger partial charge on any atom is -0.456 e. The molecule has 0 N–H and O–H groups in total. The van der Waals surface area contributed by atoms with Gasteiger partial charge in [-0.2, -0.15) is 0 Å². The molecule has 4 rings (SSSR count). The number of methoxy groups -OCH3 is 1. The van der Waals surface area contributed by atoms with Gasteiger partial charge in [0.1, 0.15) is 6.04 Å². The van der Waals surface area contributed by atoms with Crippen LogP contribution in [0.1, 0.15) is 48.0 Å². The van der Waals surface area contributed by atoms with Crippen LogP contribution in [0.15, 0.2) is 60.7 Å². The van der Waals surface area contributed by atoms with Gasteiger partial charge in [0, 0.05) is 37.0 Å². The van der Waals surface area contributed by atoms with E-state index in [1.807, 2.05) is 36.6 Å². The Bertz CT molecular complexity index is 1280. The molecule has 2 aromatic carbocycles. The summed E-state index contributed by atoms with van der Waals surface area (Å²) in [6.45, 7) is 4.32. The lowest BCUT2D eigenvalue weighted by Crippen LogP contribution is -2.47. The molecule has 1 atom stereocenters. The Hall–Kier alpha value is -4.04. The van der Waals surface area contributed by atoms with Crippen molar-refractivity contribution in [1.82, 2.24) is 9.47 Å². The van der Waals surface area contributed by atoms with Gasteiger partial charge in [0.25, 0.3) is 11.8 Å². The van der Waals surface area contributed by atoms with Crippen LogP contribution in [-0.4, -0.2) is 59.4 Å². The standard InChI is InChI=1S/C28H28N2O6/c1-18-15-23(19(2)29(18)13-14-35-3)25(31)17-36-28(34)24(16-20-9-5-4-6-10-20)30-26(32)21-11-7-8-12-22(21)27(30)33/h4-12,15,24H,13-14,16-17H2,1-3H3/t24-/m1/s1. The van der Waals surface area contributed by atoms with Crippen LogP contribution in [0.25, 0.3) is 0 Å². The van der Waals surface area contributed by atoms with Gasteiger partial charge in [0.15, 0.2) is 6.61 Å². The van der Waals surface area contributed by atoms with Gasteiger partial charge >= 0.3 is 5.97 Å². The van der Waals surface area contributed by atoms with E-state index >= 15 is 0 Å². The summed E-state index contributed by atoms with van der Waals surface area (Å²) in [6, 6.07) is 16.1. The number of esters is 1. The number of amides is 2. The monoisotopic (exact) mass is 488 g/mol. The summed E-state index contributed by atoms with van der Waals surface area (Å²) >= 11 is 0. The first-order chi connectivity index (χ1) is 17.3. The Morgan fingerprint density at radius 1 is 0.917 bits per heavy atom. The maximum absolute atomic E-state index is 13.3. The second-order valence-corrected chi connectivity index (χ2v) is 8.69. The fourth-order valence-corrected chi connectivity index (χ4v) is 4.53. The van der Waals surface area contributed by atoms with E-state index < -0.39 is 30.4 Å². The molecule has 0 radical (unpaired) electrons. The molecule has 0 bridgehead atoms. The number of hydrogen-bond donors (Lipinski definition) is 0. The Kier molecular flexibility index (Phi) is 7.45. The Morgan fingerprint density at radius 3 is 2.14 bits per heavy atom. The second kappa shape index (κ2) is 10.7. The van der Waals surface area contributed by atoms with E-state index in [0.29, 0.717) is 18.7 Å². The van der Waals surface area contributed by atoms with Crippen molar-refractivity contribution in [2.75, 3.05) is 20.3 Å². The summed E-state index contributed by atoms with van der Waals surface area (Å²) in [4.78, 5) is 53.3. The quantitative estimate of drug-likeness (QED) is 0.247. The molecule has 0 spiro atoms. The van der Waals surface area contributed by atoms with Crippen molar-refractivity contribution < 1.29 is 28.7 Å². The van der Waals surface area contributed by atoms with E-state index in [2.05, 4.69) is 0 Å². The van der Waals surface area contributed by atoms with Gasteiger partial charge in [-0.15, -0.1) is 0 Å². The number of aromatic nitrogens is 1. The normalized spacial score (nSPS) is 13.6. The predicted molar refractivity (Wildman–Crippen MR) is 132 cm³/mol. The summed E-state index contributed by atoms with van der Waals surface area (Å²) in [7, 11) is 1.61. The molecule has 1 aliphatic rings. The minimum absolute atomic E-state index is 0.0743. The molecule has 3 aromatic rings. The molecular weight excluding hydrogens is 460 g/mol. The highest BCUT2D eigenvalue weighted by molar-refractivity contribution is 6.22. The molecule has 0 aliphatic carbocycles. The zero-order chi connectivity index (χ0) is 25.8. The topological polar surface area (TPSA) is 94.9 Å². The highest BCUT2D eigenvalue weighted by Gasteiger charge is 2.43. The van der Waals surface area contributed by atoms with Crippen LogP contribution < -0.4 is 0 Å². The number of benzene rings is 2. The van der Waals surface area contributed by atoms with Crippen molar-refractivity contribution in [2.24, 2.45) is 0 Å². The van der Waals surface area contributed by atoms with Gasteiger partial charge in [-0.25, -0.2) is 4.79 Å². The molecule has 0 saturated carbocycles. The lowest BCUT2D eigenvalue weighted by Gasteiger charge is -2.24. The van der Waals surface area contributed by atoms with Crippen molar-refractivity contribution in [3.05, 3.63) is 94.3 Å². The van der Waals surface area contributed by atoms with E-state index in [1.165, 1.54) is 0 Å². The average Bonchev–Trinajstić information content (AvgIpc) is 3.32. The number of ketones is 1. The molecule has 2 heterocycles. The average molecular weight is 489 g/mol. The smallest absolute Gasteiger partial charge is 0.330 e. The number of carbonyl (C=O) groups is 4. The third-order valence-corrected chi connectivity index (χ3v) is 6.42. The van der Waals surface area contributed by atoms with E-state index in [0.717, 1.165) is 21.9 Å². The van der Waals surface area contributed by atoms with Crippen molar-refractivity contribution in [3.8, 4) is 0 Å². The Labute approximate surface area is 209 Å². The van der Waals surface area contributed by atoms with Gasteiger partial charge in [-0.3, -0.25) is 19.3 Å². The van der Waals surface area contributed by atoms with Gasteiger partial charge < -0.3 is 14.0 Å². The molecule has 8 nitrogen and oxygen atoms in total. The van der Waals surface area contributed by atoms with Crippen molar-refractivity contribution >= 4 is 23.6 Å². The summed E-state index contributed by atoms with van der Waals surface area (Å²) in [5.74, 6) is -2.28. The number of Topliss-reactive ketones (excluding diaryl/α,β-unsaturated/α-hetero) is 1. The van der Waals surface area contributed by atoms with Crippen molar-refractivity contribution in [2.45, 2.75) is 32.9 Å². The molecule has 36 heavy (non-hydrogen) atoms. The van der Waals surface area contributed by atoms with Gasteiger partial charge in [0.05, 0.1) is 17.7 Å². The predicted octanol–water partition coefficient (Wildman–Crippen LogP) is 3.38. The zero-order valence-corrected chi connectivity index (χ0v) is 20.5. The van der Waals surface area contributed by atoms with Crippen LogP contribution in [0.2, 0.25) is 0 Å². The number of ether oxygens (including phenoxy) is 2. The summed E-state index contributed by atoms with van der Waals surface area (Å²) < 4.78 is 12.5. The van der Waals surface area contributed by atoms with Gasteiger partial charge in [-0.05, 0) is 37.6 Å². The molecule has 2 amide bonds. The highest BCUT2D eigenvalue weighted by atomic mass is 16.5. The molecule has 1 aromatic heterocycles. The van der Waals surface area contributed by atoms with Gasteiger partial charge in [-0.1, -0.05) is 42.5 Å². The molecule has 0 saturated heterocycles. The maximum atomic E-state index is 13.3. The first kappa shape index (κ1) is 25.1. The lowest BCUT2D eigenvalue weighted by atomic mass is 10.0. The first-order valence-corrected chi connectivity index (χ1v) is 11.7. The van der Waals surface area contributed by atoms with E-state index in [1.54, 1.807) is 49.6 Å². The van der Waals surface area contributed by atoms with E-state index in [-0.39, 0.29) is 23.3 Å². The number of hydrogen-bond acceptors (Lipinski definition) is 6. The van der Waals surface area contributed by atoms with Crippen LogP contribution >= 0.6 is 0 Å². The summed E-state index contributed by atoms with van der Waals surface area (Å²) in [6.07, 6.45) is 0.0743. The molecule has 0 fully saturated rings. The fourth-order valence-electron chi connectivity index (χ4n) is 4.53.